The highest BCUT2D eigenvalue weighted by molar-refractivity contribution is 9.12. The number of hydrogen-bond donors (Lipinski definition) is 0. The molecule has 1 aliphatic carbocycles. The summed E-state index contributed by atoms with van der Waals surface area (Å²) >= 11 is 7.19. The summed E-state index contributed by atoms with van der Waals surface area (Å²) in [5, 5.41) is 0. The fraction of sp³-hybridized carbons (Fsp3) is 0.875. The topological polar surface area (TPSA) is 29.3 Å². The van der Waals surface area contributed by atoms with Crippen LogP contribution in [0.4, 0.5) is 4.79 Å². The zero-order valence-corrected chi connectivity index (χ0v) is 10.4. The predicted octanol–water partition coefficient (Wildman–Crippen LogP) is 2.13. The maximum absolute atomic E-state index is 11.2. The van der Waals surface area contributed by atoms with Crippen molar-refractivity contribution in [2.24, 2.45) is 0 Å². The lowest BCUT2D eigenvalue weighted by atomic mass is 10.0. The first-order valence-corrected chi connectivity index (χ1v) is 6.12. The number of ether oxygens (including phenoxy) is 1. The lowest BCUT2D eigenvalue weighted by molar-refractivity contribution is 0.150. The average Bonchev–Trinajstić information content (AvgIpc) is 2.77. The molecule has 2 aliphatic rings. The van der Waals surface area contributed by atoms with E-state index < -0.39 is 0 Å². The summed E-state index contributed by atoms with van der Waals surface area (Å²) in [5.41, 5.74) is 0. The number of methoxy groups -OCH3 is 1. The number of carbonyl (C=O) groups is 1. The fourth-order valence-corrected chi connectivity index (χ4v) is 3.21. The average molecular weight is 313 g/mol. The molecule has 0 radical (unpaired) electrons. The van der Waals surface area contributed by atoms with E-state index in [1.165, 1.54) is 7.11 Å². The van der Waals surface area contributed by atoms with E-state index in [9.17, 15) is 4.79 Å². The van der Waals surface area contributed by atoms with Gasteiger partial charge in [0.05, 0.1) is 19.2 Å². The van der Waals surface area contributed by atoms with Gasteiger partial charge in [-0.2, -0.15) is 0 Å². The summed E-state index contributed by atoms with van der Waals surface area (Å²) in [7, 11) is 1.43. The number of nitrogens with zero attached hydrogens (tertiary/aromatic N) is 1. The van der Waals surface area contributed by atoms with E-state index in [0.29, 0.717) is 21.7 Å². The Hall–Kier alpha value is 0.230. The molecule has 0 N–H and O–H groups in total. The Labute approximate surface area is 94.1 Å². The van der Waals surface area contributed by atoms with Gasteiger partial charge >= 0.3 is 6.09 Å². The zero-order chi connectivity index (χ0) is 9.59. The lowest BCUT2D eigenvalue weighted by Crippen LogP contribution is -2.24. The van der Waals surface area contributed by atoms with E-state index in [4.69, 9.17) is 4.74 Å². The molecule has 0 aromatic heterocycles. The van der Waals surface area contributed by atoms with Crippen molar-refractivity contribution in [3.63, 3.8) is 0 Å². The SMILES string of the molecule is COC(=O)N1[C@@H]2C[C@H](Br)[C@H](Br)C[C@@H]21. The van der Waals surface area contributed by atoms with E-state index in [1.807, 2.05) is 4.90 Å². The minimum absolute atomic E-state index is 0.184. The standard InChI is InChI=1S/C8H11Br2NO2/c1-13-8(12)11-6-2-4(9)5(10)3-7(6)11/h4-7H,2-3H2,1H3/t4-,5+,6+,7-,11?. The van der Waals surface area contributed by atoms with Crippen LogP contribution < -0.4 is 0 Å². The van der Waals surface area contributed by atoms with Crippen LogP contribution >= 0.6 is 31.9 Å². The normalized spacial score (nSPS) is 42.5. The van der Waals surface area contributed by atoms with Crippen molar-refractivity contribution in [3.8, 4) is 0 Å². The minimum Gasteiger partial charge on any atom is -0.453 e. The van der Waals surface area contributed by atoms with Gasteiger partial charge in [-0.25, -0.2) is 4.79 Å². The molecule has 13 heavy (non-hydrogen) atoms. The first kappa shape index (κ1) is 9.77. The van der Waals surface area contributed by atoms with Crippen molar-refractivity contribution < 1.29 is 9.53 Å². The number of halogens is 2. The molecule has 1 saturated heterocycles. The third kappa shape index (κ3) is 1.61. The first-order chi connectivity index (χ1) is 6.15. The molecule has 0 spiro atoms. The highest BCUT2D eigenvalue weighted by Crippen LogP contribution is 2.45. The molecule has 4 atom stereocenters. The van der Waals surface area contributed by atoms with Crippen molar-refractivity contribution in [2.45, 2.75) is 34.6 Å². The second kappa shape index (κ2) is 3.42. The van der Waals surface area contributed by atoms with Gasteiger partial charge in [-0.15, -0.1) is 0 Å². The van der Waals surface area contributed by atoms with Crippen molar-refractivity contribution >= 4 is 38.0 Å². The van der Waals surface area contributed by atoms with E-state index in [1.54, 1.807) is 0 Å². The van der Waals surface area contributed by atoms with Gasteiger partial charge in [0.25, 0.3) is 0 Å². The van der Waals surface area contributed by atoms with Crippen molar-refractivity contribution in [2.75, 3.05) is 7.11 Å². The largest absolute Gasteiger partial charge is 0.453 e. The number of hydrogen-bond acceptors (Lipinski definition) is 2. The Kier molecular flexibility index (Phi) is 2.57. The molecule has 2 rings (SSSR count). The van der Waals surface area contributed by atoms with Crippen LogP contribution in [-0.2, 0) is 4.74 Å². The Bertz CT molecular complexity index is 220. The third-order valence-corrected chi connectivity index (χ3v) is 5.51. The number of fused-ring (bicyclic) bond motifs is 1. The summed E-state index contributed by atoms with van der Waals surface area (Å²) in [6.45, 7) is 0. The molecule has 0 bridgehead atoms. The summed E-state index contributed by atoms with van der Waals surface area (Å²) < 4.78 is 4.69. The summed E-state index contributed by atoms with van der Waals surface area (Å²) in [5.74, 6) is 0. The molecule has 0 aromatic carbocycles. The van der Waals surface area contributed by atoms with E-state index in [-0.39, 0.29) is 6.09 Å². The van der Waals surface area contributed by atoms with Gasteiger partial charge in [-0.05, 0) is 12.8 Å². The van der Waals surface area contributed by atoms with Gasteiger partial charge in [-0.1, -0.05) is 31.9 Å². The number of amides is 1. The van der Waals surface area contributed by atoms with Crippen LogP contribution in [0.15, 0.2) is 0 Å². The van der Waals surface area contributed by atoms with Gasteiger partial charge in [0, 0.05) is 9.65 Å². The molecular weight excluding hydrogens is 302 g/mol. The Morgan fingerprint density at radius 2 is 1.77 bits per heavy atom. The van der Waals surface area contributed by atoms with E-state index >= 15 is 0 Å². The summed E-state index contributed by atoms with van der Waals surface area (Å²) in [6, 6.07) is 0.816. The second-order valence-corrected chi connectivity index (χ2v) is 5.87. The highest BCUT2D eigenvalue weighted by Gasteiger charge is 2.56. The molecule has 1 saturated carbocycles. The predicted molar refractivity (Wildman–Crippen MR) is 56.5 cm³/mol. The second-order valence-electron chi connectivity index (χ2n) is 3.52. The molecule has 1 amide bonds. The van der Waals surface area contributed by atoms with Crippen LogP contribution in [0.3, 0.4) is 0 Å². The molecule has 0 aromatic rings. The number of alkyl halides is 2. The van der Waals surface area contributed by atoms with Crippen LogP contribution in [0.1, 0.15) is 12.8 Å². The van der Waals surface area contributed by atoms with Crippen LogP contribution in [0.5, 0.6) is 0 Å². The summed E-state index contributed by atoms with van der Waals surface area (Å²) in [4.78, 5) is 14.0. The number of carbonyl (C=O) groups excluding carboxylic acids is 1. The fourth-order valence-electron chi connectivity index (χ4n) is 2.01. The van der Waals surface area contributed by atoms with Crippen LogP contribution in [0.25, 0.3) is 0 Å². The van der Waals surface area contributed by atoms with Crippen LogP contribution in [-0.4, -0.2) is 39.8 Å². The zero-order valence-electron chi connectivity index (χ0n) is 7.24. The van der Waals surface area contributed by atoms with Gasteiger partial charge < -0.3 is 4.74 Å². The smallest absolute Gasteiger partial charge is 0.410 e. The Morgan fingerprint density at radius 3 is 2.15 bits per heavy atom. The van der Waals surface area contributed by atoms with Gasteiger partial charge in [0.15, 0.2) is 0 Å². The molecule has 1 aliphatic heterocycles. The lowest BCUT2D eigenvalue weighted by Gasteiger charge is -2.18. The molecule has 74 valence electrons. The number of likely N-dealkylation sites (tertiary alicyclic amines) is 1. The van der Waals surface area contributed by atoms with Crippen molar-refractivity contribution in [3.05, 3.63) is 0 Å². The number of rotatable bonds is 0. The van der Waals surface area contributed by atoms with Crippen LogP contribution in [0.2, 0.25) is 0 Å². The van der Waals surface area contributed by atoms with Gasteiger partial charge in [0.2, 0.25) is 0 Å². The molecule has 1 heterocycles. The third-order valence-electron chi connectivity index (χ3n) is 2.78. The highest BCUT2D eigenvalue weighted by atomic mass is 79.9. The van der Waals surface area contributed by atoms with E-state index in [0.717, 1.165) is 12.8 Å². The molecular formula is C8H11Br2NO2. The monoisotopic (exact) mass is 311 g/mol. The van der Waals surface area contributed by atoms with E-state index in [2.05, 4.69) is 31.9 Å². The maximum Gasteiger partial charge on any atom is 0.410 e. The summed E-state index contributed by atoms with van der Waals surface area (Å²) in [6.07, 6.45) is 1.86. The van der Waals surface area contributed by atoms with Gasteiger partial charge in [-0.3, -0.25) is 4.90 Å². The molecule has 2 fully saturated rings. The van der Waals surface area contributed by atoms with Crippen molar-refractivity contribution in [1.29, 1.82) is 0 Å². The van der Waals surface area contributed by atoms with Crippen molar-refractivity contribution in [1.82, 2.24) is 4.90 Å². The molecule has 3 nitrogen and oxygen atoms in total. The first-order valence-electron chi connectivity index (χ1n) is 4.29. The Balaban J connectivity index is 1.98. The quantitative estimate of drug-likeness (QED) is 0.506. The van der Waals surface area contributed by atoms with Crippen LogP contribution in [0, 0.1) is 0 Å². The molecule has 5 heteroatoms. The Morgan fingerprint density at radius 1 is 1.31 bits per heavy atom. The minimum atomic E-state index is -0.184. The van der Waals surface area contributed by atoms with Gasteiger partial charge in [0.1, 0.15) is 0 Å². The maximum atomic E-state index is 11.2. The molecule has 0 unspecified atom stereocenters.